The molecule has 1 aromatic carbocycles. The Balaban J connectivity index is 1.37. The van der Waals surface area contributed by atoms with Crippen LogP contribution in [0.1, 0.15) is 28.8 Å². The molecule has 1 aliphatic rings. The van der Waals surface area contributed by atoms with Crippen molar-refractivity contribution in [3.63, 3.8) is 0 Å². The van der Waals surface area contributed by atoms with Crippen molar-refractivity contribution < 1.29 is 14.3 Å². The number of aromatic nitrogens is 4. The number of pyridine rings is 1. The summed E-state index contributed by atoms with van der Waals surface area (Å²) in [7, 11) is 3.39. The largest absolute Gasteiger partial charge is 0.479 e. The van der Waals surface area contributed by atoms with Crippen molar-refractivity contribution >= 4 is 38.5 Å². The van der Waals surface area contributed by atoms with Crippen LogP contribution in [0.5, 0.6) is 5.88 Å². The summed E-state index contributed by atoms with van der Waals surface area (Å²) in [6.45, 7) is 1.36. The molecule has 4 heterocycles. The molecular weight excluding hydrogens is 440 g/mol. The van der Waals surface area contributed by atoms with Crippen LogP contribution in [0.4, 0.5) is 5.13 Å². The number of amides is 2. The maximum absolute atomic E-state index is 12.8. The summed E-state index contributed by atoms with van der Waals surface area (Å²) in [5.74, 6) is 0.325. The van der Waals surface area contributed by atoms with Gasteiger partial charge in [-0.25, -0.2) is 9.97 Å². The number of rotatable bonds is 6. The van der Waals surface area contributed by atoms with Gasteiger partial charge in [-0.15, -0.1) is 0 Å². The molecule has 5 rings (SSSR count). The molecule has 0 radical (unpaired) electrons. The highest BCUT2D eigenvalue weighted by Crippen LogP contribution is 2.38. The zero-order valence-electron chi connectivity index (χ0n) is 18.2. The fourth-order valence-corrected chi connectivity index (χ4v) is 4.87. The molecule has 10 heteroatoms. The summed E-state index contributed by atoms with van der Waals surface area (Å²) in [4.78, 5) is 35.4. The van der Waals surface area contributed by atoms with Crippen LogP contribution in [0.15, 0.2) is 42.9 Å². The number of nitrogens with one attached hydrogen (secondary N) is 1. The lowest BCUT2D eigenvalue weighted by Crippen LogP contribution is -2.23. The average Bonchev–Trinajstić information content (AvgIpc) is 3.54. The maximum atomic E-state index is 12.8. The molecular formula is C23H22N6O3S. The van der Waals surface area contributed by atoms with Gasteiger partial charge in [-0.2, -0.15) is 5.10 Å². The Kier molecular flexibility index (Phi) is 5.51. The van der Waals surface area contributed by atoms with E-state index in [1.807, 2.05) is 30.3 Å². The number of benzene rings is 1. The Labute approximate surface area is 194 Å². The molecule has 4 aromatic rings. The first-order valence-corrected chi connectivity index (χ1v) is 11.3. The zero-order valence-corrected chi connectivity index (χ0v) is 19.1. The number of carbonyl (C=O) groups excluding carboxylic acids is 2. The van der Waals surface area contributed by atoms with Crippen LogP contribution in [0.25, 0.3) is 21.3 Å². The van der Waals surface area contributed by atoms with Gasteiger partial charge < -0.3 is 9.64 Å². The van der Waals surface area contributed by atoms with Crippen molar-refractivity contribution in [2.24, 2.45) is 7.05 Å². The highest BCUT2D eigenvalue weighted by atomic mass is 32.1. The van der Waals surface area contributed by atoms with Crippen LogP contribution in [0.3, 0.4) is 0 Å². The van der Waals surface area contributed by atoms with E-state index in [1.165, 1.54) is 11.3 Å². The number of hydrogen-bond acceptors (Lipinski definition) is 7. The number of likely N-dealkylation sites (tertiary alicyclic amines) is 1. The van der Waals surface area contributed by atoms with Gasteiger partial charge in [0.05, 0.1) is 18.0 Å². The predicted molar refractivity (Wildman–Crippen MR) is 125 cm³/mol. The molecule has 2 amide bonds. The molecule has 0 spiro atoms. The van der Waals surface area contributed by atoms with Crippen molar-refractivity contribution in [3.8, 4) is 17.0 Å². The second-order valence-corrected chi connectivity index (χ2v) is 8.85. The molecule has 1 aliphatic heterocycles. The van der Waals surface area contributed by atoms with E-state index in [0.29, 0.717) is 35.1 Å². The monoisotopic (exact) mass is 462 g/mol. The van der Waals surface area contributed by atoms with Crippen LogP contribution < -0.4 is 10.1 Å². The number of nitrogens with zero attached hydrogens (tertiary/aromatic N) is 5. The highest BCUT2D eigenvalue weighted by molar-refractivity contribution is 7.23. The Morgan fingerprint density at radius 2 is 2.06 bits per heavy atom. The van der Waals surface area contributed by atoms with Crippen molar-refractivity contribution in [1.82, 2.24) is 24.6 Å². The average molecular weight is 463 g/mol. The standard InChI is InChI=1S/C23H22N6O3S/c1-28-13-16(10-25-28)17-11-24-22(32-2)19-20(17)33-23(26-19)27-21(31)15-7-5-14(6-8-15)12-29-9-3-4-18(29)30/h5-8,10-11,13H,3-4,9,12H2,1-2H3,(H,26,27,31). The number of anilines is 1. The second-order valence-electron chi connectivity index (χ2n) is 7.85. The number of thiazole rings is 1. The van der Waals surface area contributed by atoms with Crippen LogP contribution >= 0.6 is 11.3 Å². The van der Waals surface area contributed by atoms with Gasteiger partial charge in [0.1, 0.15) is 5.52 Å². The number of aryl methyl sites for hydroxylation is 1. The third kappa shape index (κ3) is 4.17. The van der Waals surface area contributed by atoms with Gasteiger partial charge in [0, 0.05) is 55.6 Å². The minimum Gasteiger partial charge on any atom is -0.479 e. The van der Waals surface area contributed by atoms with Crippen LogP contribution in [0, 0.1) is 0 Å². The Morgan fingerprint density at radius 1 is 1.24 bits per heavy atom. The number of methoxy groups -OCH3 is 1. The van der Waals surface area contributed by atoms with Gasteiger partial charge in [-0.3, -0.25) is 19.6 Å². The van der Waals surface area contributed by atoms with Crippen molar-refractivity contribution in [1.29, 1.82) is 0 Å². The van der Waals surface area contributed by atoms with E-state index in [0.717, 1.165) is 34.4 Å². The summed E-state index contributed by atoms with van der Waals surface area (Å²) in [6.07, 6.45) is 6.91. The van der Waals surface area contributed by atoms with Crippen LogP contribution in [-0.4, -0.2) is 50.1 Å². The van der Waals surface area contributed by atoms with E-state index in [-0.39, 0.29) is 11.8 Å². The number of hydrogen-bond donors (Lipinski definition) is 1. The topological polar surface area (TPSA) is 102 Å². The summed E-state index contributed by atoms with van der Waals surface area (Å²) < 4.78 is 7.95. The molecule has 1 N–H and O–H groups in total. The first-order valence-electron chi connectivity index (χ1n) is 10.5. The van der Waals surface area contributed by atoms with Gasteiger partial charge in [-0.05, 0) is 24.1 Å². The van der Waals surface area contributed by atoms with E-state index in [2.05, 4.69) is 20.4 Å². The lowest BCUT2D eigenvalue weighted by Gasteiger charge is -2.15. The van der Waals surface area contributed by atoms with Crippen molar-refractivity contribution in [2.45, 2.75) is 19.4 Å². The number of carbonyl (C=O) groups is 2. The van der Waals surface area contributed by atoms with Gasteiger partial charge in [0.15, 0.2) is 5.13 Å². The van der Waals surface area contributed by atoms with Gasteiger partial charge in [-0.1, -0.05) is 23.5 Å². The molecule has 1 saturated heterocycles. The second kappa shape index (κ2) is 8.62. The fourth-order valence-electron chi connectivity index (χ4n) is 3.88. The summed E-state index contributed by atoms with van der Waals surface area (Å²) in [6, 6.07) is 7.29. The van der Waals surface area contributed by atoms with Crippen molar-refractivity contribution in [3.05, 3.63) is 54.0 Å². The van der Waals surface area contributed by atoms with Crippen molar-refractivity contribution in [2.75, 3.05) is 19.0 Å². The Hall–Kier alpha value is -3.79. The lowest BCUT2D eigenvalue weighted by atomic mass is 10.1. The number of fused-ring (bicyclic) bond motifs is 1. The molecule has 1 fully saturated rings. The van der Waals surface area contributed by atoms with E-state index in [9.17, 15) is 9.59 Å². The quantitative estimate of drug-likeness (QED) is 0.471. The van der Waals surface area contributed by atoms with Gasteiger partial charge >= 0.3 is 0 Å². The molecule has 0 saturated carbocycles. The molecule has 33 heavy (non-hydrogen) atoms. The highest BCUT2D eigenvalue weighted by Gasteiger charge is 2.21. The summed E-state index contributed by atoms with van der Waals surface area (Å²) in [5.41, 5.74) is 3.88. The molecule has 168 valence electrons. The number of ether oxygens (including phenoxy) is 1. The first-order chi connectivity index (χ1) is 16.0. The minimum absolute atomic E-state index is 0.184. The molecule has 0 bridgehead atoms. The minimum atomic E-state index is -0.257. The predicted octanol–water partition coefficient (Wildman–Crippen LogP) is 3.48. The van der Waals surface area contributed by atoms with Gasteiger partial charge in [0.25, 0.3) is 5.91 Å². The lowest BCUT2D eigenvalue weighted by molar-refractivity contribution is -0.128. The smallest absolute Gasteiger partial charge is 0.257 e. The summed E-state index contributed by atoms with van der Waals surface area (Å²) in [5, 5.41) is 7.57. The molecule has 0 atom stereocenters. The van der Waals surface area contributed by atoms with E-state index >= 15 is 0 Å². The Bertz CT molecular complexity index is 1340. The first kappa shape index (κ1) is 21.1. The molecule has 9 nitrogen and oxygen atoms in total. The van der Waals surface area contributed by atoms with Crippen LogP contribution in [0.2, 0.25) is 0 Å². The summed E-state index contributed by atoms with van der Waals surface area (Å²) >= 11 is 1.36. The van der Waals surface area contributed by atoms with E-state index in [4.69, 9.17) is 4.74 Å². The fraction of sp³-hybridized carbons (Fsp3) is 0.261. The molecule has 3 aromatic heterocycles. The maximum Gasteiger partial charge on any atom is 0.257 e. The van der Waals surface area contributed by atoms with E-state index < -0.39 is 0 Å². The Morgan fingerprint density at radius 3 is 2.73 bits per heavy atom. The third-order valence-electron chi connectivity index (χ3n) is 5.58. The zero-order chi connectivity index (χ0) is 22.9. The van der Waals surface area contributed by atoms with Gasteiger partial charge in [0.2, 0.25) is 11.8 Å². The normalized spacial score (nSPS) is 13.6. The molecule has 0 aliphatic carbocycles. The third-order valence-corrected chi connectivity index (χ3v) is 6.58. The SMILES string of the molecule is COc1ncc(-c2cnn(C)c2)c2sc(NC(=O)c3ccc(CN4CCCC4=O)cc3)nc12. The molecule has 0 unspecified atom stereocenters. The van der Waals surface area contributed by atoms with Crippen LogP contribution in [-0.2, 0) is 18.4 Å². The van der Waals surface area contributed by atoms with E-state index in [1.54, 1.807) is 36.3 Å².